The van der Waals surface area contributed by atoms with Crippen molar-refractivity contribution in [2.24, 2.45) is 35.5 Å². The summed E-state index contributed by atoms with van der Waals surface area (Å²) in [5.74, 6) is -3.64. The second-order valence-corrected chi connectivity index (χ2v) is 16.3. The Kier molecular flexibility index (Phi) is 10.4. The van der Waals surface area contributed by atoms with E-state index >= 15 is 0 Å². The lowest BCUT2D eigenvalue weighted by molar-refractivity contribution is -0.335. The van der Waals surface area contributed by atoms with Gasteiger partial charge in [0.05, 0.1) is 59.8 Å². The van der Waals surface area contributed by atoms with E-state index in [1.165, 1.54) is 7.11 Å². The van der Waals surface area contributed by atoms with Gasteiger partial charge in [-0.1, -0.05) is 41.5 Å². The minimum absolute atomic E-state index is 0.0652. The van der Waals surface area contributed by atoms with Gasteiger partial charge in [0.2, 0.25) is 0 Å². The number of aliphatic hydroxyl groups is 2. The van der Waals surface area contributed by atoms with E-state index in [0.29, 0.717) is 12.8 Å². The quantitative estimate of drug-likeness (QED) is 0.301. The van der Waals surface area contributed by atoms with E-state index in [1.807, 2.05) is 20.8 Å². The number of hydrogen-bond acceptors (Lipinski definition) is 9. The zero-order chi connectivity index (χ0) is 34.0. The van der Waals surface area contributed by atoms with Crippen molar-refractivity contribution in [3.05, 3.63) is 0 Å². The molecule has 10 heteroatoms. The molecule has 0 aromatic rings. The minimum Gasteiger partial charge on any atom is -0.481 e. The predicted octanol–water partition coefficient (Wildman–Crippen LogP) is 5.30. The number of carboxylic acids is 1. The summed E-state index contributed by atoms with van der Waals surface area (Å²) in [5, 5.41) is 31.9. The van der Waals surface area contributed by atoms with Crippen molar-refractivity contribution in [3.63, 3.8) is 0 Å². The third kappa shape index (κ3) is 6.43. The first kappa shape index (κ1) is 36.4. The Morgan fingerprint density at radius 1 is 1.00 bits per heavy atom. The highest BCUT2D eigenvalue weighted by atomic mass is 16.7. The maximum atomic E-state index is 11.8. The van der Waals surface area contributed by atoms with Crippen molar-refractivity contribution in [1.29, 1.82) is 0 Å². The monoisotopic (exact) mass is 654 g/mol. The molecular formula is C36H62O10. The van der Waals surface area contributed by atoms with Gasteiger partial charge in [-0.25, -0.2) is 0 Å². The Morgan fingerprint density at radius 2 is 1.70 bits per heavy atom. The first-order valence-corrected chi connectivity index (χ1v) is 18.0. The molecule has 5 aliphatic heterocycles. The highest BCUT2D eigenvalue weighted by Crippen LogP contribution is 2.55. The van der Waals surface area contributed by atoms with Crippen LogP contribution < -0.4 is 0 Å². The second kappa shape index (κ2) is 13.1. The van der Waals surface area contributed by atoms with Crippen molar-refractivity contribution in [3.8, 4) is 0 Å². The molecule has 0 bridgehead atoms. The number of carboxylic acid groups (broad SMARTS) is 1. The van der Waals surface area contributed by atoms with Gasteiger partial charge >= 0.3 is 5.97 Å². The molecule has 1 spiro atoms. The fourth-order valence-corrected chi connectivity index (χ4v) is 9.79. The zero-order valence-corrected chi connectivity index (χ0v) is 29.9. The number of methoxy groups -OCH3 is 1. The molecule has 5 rings (SSSR count). The van der Waals surface area contributed by atoms with Crippen molar-refractivity contribution >= 4 is 5.97 Å². The van der Waals surface area contributed by atoms with Crippen LogP contribution in [0.1, 0.15) is 114 Å². The maximum Gasteiger partial charge on any atom is 0.308 e. The summed E-state index contributed by atoms with van der Waals surface area (Å²) in [6, 6.07) is 0. The third-order valence-corrected chi connectivity index (χ3v) is 13.0. The van der Waals surface area contributed by atoms with E-state index in [1.54, 1.807) is 13.8 Å². The Hall–Kier alpha value is -0.850. The van der Waals surface area contributed by atoms with Gasteiger partial charge in [0.1, 0.15) is 0 Å². The van der Waals surface area contributed by atoms with Gasteiger partial charge in [0.15, 0.2) is 11.6 Å². The van der Waals surface area contributed by atoms with Gasteiger partial charge < -0.3 is 43.7 Å². The molecule has 5 heterocycles. The van der Waals surface area contributed by atoms with E-state index in [0.717, 1.165) is 38.5 Å². The fourth-order valence-electron chi connectivity index (χ4n) is 9.79. The molecular weight excluding hydrogens is 592 g/mol. The van der Waals surface area contributed by atoms with E-state index in [9.17, 15) is 20.1 Å². The smallest absolute Gasteiger partial charge is 0.308 e. The molecule has 0 aliphatic carbocycles. The molecule has 5 saturated heterocycles. The van der Waals surface area contributed by atoms with Gasteiger partial charge in [-0.2, -0.15) is 0 Å². The van der Waals surface area contributed by atoms with E-state index in [-0.39, 0.29) is 54.0 Å². The lowest BCUT2D eigenvalue weighted by Crippen LogP contribution is -2.57. The topological polar surface area (TPSA) is 133 Å². The lowest BCUT2D eigenvalue weighted by atomic mass is 9.78. The van der Waals surface area contributed by atoms with Crippen LogP contribution in [0.2, 0.25) is 0 Å². The number of aliphatic carboxylic acids is 1. The molecule has 17 atom stereocenters. The van der Waals surface area contributed by atoms with Crippen LogP contribution in [0.4, 0.5) is 0 Å². The van der Waals surface area contributed by atoms with Crippen LogP contribution in [0.25, 0.3) is 0 Å². The zero-order valence-electron chi connectivity index (χ0n) is 29.9. The summed E-state index contributed by atoms with van der Waals surface area (Å²) < 4.78 is 39.6. The molecule has 1 unspecified atom stereocenters. The van der Waals surface area contributed by atoms with Gasteiger partial charge in [-0.05, 0) is 71.1 Å². The normalized spacial score (nSPS) is 51.7. The number of carbonyl (C=O) groups is 1. The first-order chi connectivity index (χ1) is 21.4. The number of rotatable bonds is 9. The third-order valence-electron chi connectivity index (χ3n) is 13.0. The fraction of sp³-hybridized carbons (Fsp3) is 0.972. The van der Waals surface area contributed by atoms with Crippen molar-refractivity contribution in [2.75, 3.05) is 7.11 Å². The van der Waals surface area contributed by atoms with Crippen molar-refractivity contribution in [2.45, 2.75) is 179 Å². The maximum absolute atomic E-state index is 11.8. The SMILES string of the molecule is CC[C@@]1([C@@H]2O[C@@H]([C@H]3O[C@](C)(O)[C@H](C)C[C@@H]3C)C[C@@H]2C)CC[C@H]([C@]2(C)CCC3(C[C@H](O)[C@@H](C)[C@@H]([C@@H](C)[C@@H](OC)[C@H](C)C(=O)O)O3)O2)O1. The molecule has 266 valence electrons. The summed E-state index contributed by atoms with van der Waals surface area (Å²) in [5.41, 5.74) is -1.07. The Balaban J connectivity index is 1.29. The Labute approximate surface area is 276 Å². The molecule has 5 fully saturated rings. The highest BCUT2D eigenvalue weighted by molar-refractivity contribution is 5.70. The van der Waals surface area contributed by atoms with E-state index in [4.69, 9.17) is 28.4 Å². The summed E-state index contributed by atoms with van der Waals surface area (Å²) in [4.78, 5) is 11.8. The standard InChI is InChI=1S/C36H62O10/c1-11-35(31-20(3)17-26(42-31)28-19(2)16-21(4)34(9,40)44-28)13-12-27(43-35)33(8)14-15-36(46-33)18-25(37)22(5)30(45-36)23(6)29(41-10)24(7)32(38)39/h19-31,37,40H,11-18H2,1-10H3,(H,38,39)/t19-,20-,21+,22+,23-,24-,25-,26+,27+,28-,29+,30-,31+,33-,34-,35-,36?/m0/s1. The molecule has 5 aliphatic rings. The molecule has 0 saturated carbocycles. The highest BCUT2D eigenvalue weighted by Gasteiger charge is 2.62. The molecule has 3 N–H and O–H groups in total. The molecule has 46 heavy (non-hydrogen) atoms. The number of ether oxygens (including phenoxy) is 6. The van der Waals surface area contributed by atoms with Crippen LogP contribution in [-0.2, 0) is 33.2 Å². The van der Waals surface area contributed by atoms with Crippen LogP contribution >= 0.6 is 0 Å². The van der Waals surface area contributed by atoms with E-state index < -0.39 is 53.0 Å². The molecule has 0 radical (unpaired) electrons. The second-order valence-electron chi connectivity index (χ2n) is 16.3. The molecule has 10 nitrogen and oxygen atoms in total. The average molecular weight is 655 g/mol. The van der Waals surface area contributed by atoms with Gasteiger partial charge in [-0.3, -0.25) is 4.79 Å². The lowest BCUT2D eigenvalue weighted by Gasteiger charge is -2.49. The number of hydrogen-bond donors (Lipinski definition) is 3. The van der Waals surface area contributed by atoms with Crippen LogP contribution in [-0.4, -0.2) is 93.9 Å². The van der Waals surface area contributed by atoms with Crippen LogP contribution in [0.15, 0.2) is 0 Å². The molecule has 0 amide bonds. The minimum atomic E-state index is -1.16. The van der Waals surface area contributed by atoms with Gasteiger partial charge in [0, 0.05) is 37.7 Å². The van der Waals surface area contributed by atoms with Gasteiger partial charge in [0.25, 0.3) is 0 Å². The van der Waals surface area contributed by atoms with E-state index in [2.05, 4.69) is 27.7 Å². The average Bonchev–Trinajstić information content (AvgIpc) is 3.69. The summed E-state index contributed by atoms with van der Waals surface area (Å²) in [7, 11) is 1.53. The number of aliphatic hydroxyl groups excluding tert-OH is 1. The summed E-state index contributed by atoms with van der Waals surface area (Å²) in [6.07, 6.45) is 3.80. The Bertz CT molecular complexity index is 1090. The van der Waals surface area contributed by atoms with Crippen LogP contribution in [0, 0.1) is 35.5 Å². The van der Waals surface area contributed by atoms with Crippen molar-refractivity contribution < 1.29 is 48.5 Å². The molecule has 0 aromatic carbocycles. The van der Waals surface area contributed by atoms with Crippen LogP contribution in [0.3, 0.4) is 0 Å². The largest absolute Gasteiger partial charge is 0.481 e. The predicted molar refractivity (Wildman–Crippen MR) is 171 cm³/mol. The Morgan fingerprint density at radius 3 is 2.33 bits per heavy atom. The first-order valence-electron chi connectivity index (χ1n) is 18.0. The van der Waals surface area contributed by atoms with Crippen molar-refractivity contribution in [1.82, 2.24) is 0 Å². The summed E-state index contributed by atoms with van der Waals surface area (Å²) in [6.45, 7) is 18.1. The van der Waals surface area contributed by atoms with Crippen LogP contribution in [0.5, 0.6) is 0 Å². The molecule has 0 aromatic heterocycles. The van der Waals surface area contributed by atoms with Gasteiger partial charge in [-0.15, -0.1) is 0 Å². The summed E-state index contributed by atoms with van der Waals surface area (Å²) >= 11 is 0.